The topological polar surface area (TPSA) is 33.4 Å². The number of aliphatic hydroxyl groups excluding tert-OH is 1. The van der Waals surface area contributed by atoms with Crippen LogP contribution in [0.1, 0.15) is 17.0 Å². The summed E-state index contributed by atoms with van der Waals surface area (Å²) in [6.45, 7) is 0.103. The molecule has 2 aromatic rings. The lowest BCUT2D eigenvalue weighted by atomic mass is 9.94. The van der Waals surface area contributed by atoms with Crippen molar-refractivity contribution in [3.8, 4) is 0 Å². The SMILES string of the molecule is OCC(Cc1ccoc1)c1cccc(Cl)c1. The molecule has 0 bridgehead atoms. The second-order valence-corrected chi connectivity index (χ2v) is 4.21. The molecule has 0 saturated heterocycles. The first-order chi connectivity index (χ1) is 7.79. The van der Waals surface area contributed by atoms with Crippen LogP contribution in [0.2, 0.25) is 5.02 Å². The molecule has 16 heavy (non-hydrogen) atoms. The fraction of sp³-hybridized carbons (Fsp3) is 0.231. The van der Waals surface area contributed by atoms with Crippen LogP contribution in [0.25, 0.3) is 0 Å². The van der Waals surface area contributed by atoms with E-state index >= 15 is 0 Å². The maximum atomic E-state index is 9.40. The van der Waals surface area contributed by atoms with Gasteiger partial charge in [-0.15, -0.1) is 0 Å². The van der Waals surface area contributed by atoms with Crippen molar-refractivity contribution < 1.29 is 9.52 Å². The summed E-state index contributed by atoms with van der Waals surface area (Å²) in [4.78, 5) is 0. The van der Waals surface area contributed by atoms with Crippen LogP contribution in [-0.4, -0.2) is 11.7 Å². The lowest BCUT2D eigenvalue weighted by Gasteiger charge is -2.13. The van der Waals surface area contributed by atoms with Crippen LogP contribution in [0.5, 0.6) is 0 Å². The lowest BCUT2D eigenvalue weighted by molar-refractivity contribution is 0.264. The smallest absolute Gasteiger partial charge is 0.0934 e. The molecule has 1 aromatic heterocycles. The average Bonchev–Trinajstić information content (AvgIpc) is 2.78. The molecule has 84 valence electrons. The monoisotopic (exact) mass is 236 g/mol. The van der Waals surface area contributed by atoms with E-state index in [0.717, 1.165) is 17.5 Å². The van der Waals surface area contributed by atoms with Crippen molar-refractivity contribution >= 4 is 11.6 Å². The van der Waals surface area contributed by atoms with Crippen molar-refractivity contribution in [2.24, 2.45) is 0 Å². The van der Waals surface area contributed by atoms with Gasteiger partial charge in [-0.25, -0.2) is 0 Å². The minimum absolute atomic E-state index is 0.0660. The summed E-state index contributed by atoms with van der Waals surface area (Å²) in [7, 11) is 0. The number of hydrogen-bond acceptors (Lipinski definition) is 2. The van der Waals surface area contributed by atoms with Gasteiger partial charge in [-0.05, 0) is 35.7 Å². The molecule has 0 aliphatic heterocycles. The summed E-state index contributed by atoms with van der Waals surface area (Å²) < 4.78 is 5.01. The van der Waals surface area contributed by atoms with Crippen LogP contribution in [-0.2, 0) is 6.42 Å². The highest BCUT2D eigenvalue weighted by Crippen LogP contribution is 2.23. The van der Waals surface area contributed by atoms with Crippen molar-refractivity contribution in [2.45, 2.75) is 12.3 Å². The van der Waals surface area contributed by atoms with Gasteiger partial charge in [-0.1, -0.05) is 23.7 Å². The van der Waals surface area contributed by atoms with Crippen LogP contribution < -0.4 is 0 Å². The Hall–Kier alpha value is -1.25. The summed E-state index contributed by atoms with van der Waals surface area (Å²) in [6.07, 6.45) is 4.10. The highest BCUT2D eigenvalue weighted by atomic mass is 35.5. The Kier molecular flexibility index (Phi) is 3.65. The van der Waals surface area contributed by atoms with Crippen molar-refractivity contribution in [3.63, 3.8) is 0 Å². The molecule has 0 radical (unpaired) electrons. The van der Waals surface area contributed by atoms with Crippen LogP contribution in [0.15, 0.2) is 47.3 Å². The van der Waals surface area contributed by atoms with Gasteiger partial charge in [0.15, 0.2) is 0 Å². The van der Waals surface area contributed by atoms with Gasteiger partial charge in [0.2, 0.25) is 0 Å². The van der Waals surface area contributed by atoms with Gasteiger partial charge in [-0.3, -0.25) is 0 Å². The van der Waals surface area contributed by atoms with E-state index in [-0.39, 0.29) is 12.5 Å². The molecular formula is C13H13ClO2. The predicted octanol–water partition coefficient (Wildman–Crippen LogP) is 3.25. The van der Waals surface area contributed by atoms with Gasteiger partial charge in [0.25, 0.3) is 0 Å². The quantitative estimate of drug-likeness (QED) is 0.884. The van der Waals surface area contributed by atoms with Gasteiger partial charge in [0.1, 0.15) is 0 Å². The molecule has 2 rings (SSSR count). The first kappa shape index (κ1) is 11.2. The highest BCUT2D eigenvalue weighted by molar-refractivity contribution is 6.30. The number of aliphatic hydroxyl groups is 1. The summed E-state index contributed by atoms with van der Waals surface area (Å²) >= 11 is 5.93. The van der Waals surface area contributed by atoms with Gasteiger partial charge < -0.3 is 9.52 Å². The first-order valence-corrected chi connectivity index (χ1v) is 5.55. The minimum Gasteiger partial charge on any atom is -0.472 e. The van der Waals surface area contributed by atoms with E-state index in [1.54, 1.807) is 12.5 Å². The van der Waals surface area contributed by atoms with Crippen LogP contribution in [0.3, 0.4) is 0 Å². The third kappa shape index (κ3) is 2.65. The molecule has 0 aliphatic carbocycles. The third-order valence-corrected chi connectivity index (χ3v) is 2.84. The standard InChI is InChI=1S/C13H13ClO2/c14-13-3-1-2-11(7-13)12(8-15)6-10-4-5-16-9-10/h1-5,7,9,12,15H,6,8H2. The molecule has 1 atom stereocenters. The zero-order valence-electron chi connectivity index (χ0n) is 8.77. The summed E-state index contributed by atoms with van der Waals surface area (Å²) in [5.74, 6) is 0.0660. The Bertz CT molecular complexity index is 437. The van der Waals surface area contributed by atoms with Crippen LogP contribution in [0, 0.1) is 0 Å². The van der Waals surface area contributed by atoms with Crippen molar-refractivity contribution in [1.29, 1.82) is 0 Å². The van der Waals surface area contributed by atoms with E-state index in [1.807, 2.05) is 30.3 Å². The Morgan fingerprint density at radius 3 is 2.81 bits per heavy atom. The number of hydrogen-bond donors (Lipinski definition) is 1. The number of furan rings is 1. The summed E-state index contributed by atoms with van der Waals surface area (Å²) in [5, 5.41) is 10.1. The first-order valence-electron chi connectivity index (χ1n) is 5.17. The highest BCUT2D eigenvalue weighted by Gasteiger charge is 2.12. The Morgan fingerprint density at radius 1 is 1.31 bits per heavy atom. The molecule has 0 aliphatic rings. The normalized spacial score (nSPS) is 12.6. The largest absolute Gasteiger partial charge is 0.472 e. The second kappa shape index (κ2) is 5.19. The number of benzene rings is 1. The van der Waals surface area contributed by atoms with E-state index in [0.29, 0.717) is 5.02 Å². The van der Waals surface area contributed by atoms with Gasteiger partial charge in [-0.2, -0.15) is 0 Å². The molecule has 1 heterocycles. The zero-order valence-corrected chi connectivity index (χ0v) is 9.52. The molecule has 0 spiro atoms. The van der Waals surface area contributed by atoms with Crippen molar-refractivity contribution in [3.05, 3.63) is 59.0 Å². The average molecular weight is 237 g/mol. The Balaban J connectivity index is 2.16. The number of halogens is 1. The van der Waals surface area contributed by atoms with Gasteiger partial charge >= 0.3 is 0 Å². The maximum absolute atomic E-state index is 9.40. The third-order valence-electron chi connectivity index (χ3n) is 2.60. The molecule has 0 amide bonds. The van der Waals surface area contributed by atoms with E-state index in [1.165, 1.54) is 0 Å². The van der Waals surface area contributed by atoms with Crippen LogP contribution in [0.4, 0.5) is 0 Å². The summed E-state index contributed by atoms with van der Waals surface area (Å²) in [5.41, 5.74) is 2.13. The maximum Gasteiger partial charge on any atom is 0.0934 e. The fourth-order valence-corrected chi connectivity index (χ4v) is 1.94. The molecule has 1 unspecified atom stereocenters. The Labute approximate surface area is 99.5 Å². The molecule has 1 aromatic carbocycles. The molecule has 2 nitrogen and oxygen atoms in total. The van der Waals surface area contributed by atoms with Crippen molar-refractivity contribution in [1.82, 2.24) is 0 Å². The molecule has 3 heteroatoms. The zero-order chi connectivity index (χ0) is 11.4. The number of rotatable bonds is 4. The predicted molar refractivity (Wildman–Crippen MR) is 63.7 cm³/mol. The van der Waals surface area contributed by atoms with Crippen LogP contribution >= 0.6 is 11.6 Å². The summed E-state index contributed by atoms with van der Waals surface area (Å²) in [6, 6.07) is 9.51. The van der Waals surface area contributed by atoms with E-state index in [2.05, 4.69) is 0 Å². The van der Waals surface area contributed by atoms with E-state index in [4.69, 9.17) is 16.0 Å². The van der Waals surface area contributed by atoms with Gasteiger partial charge in [0.05, 0.1) is 19.1 Å². The molecule has 1 N–H and O–H groups in total. The molecule has 0 saturated carbocycles. The van der Waals surface area contributed by atoms with Crippen molar-refractivity contribution in [2.75, 3.05) is 6.61 Å². The van der Waals surface area contributed by atoms with E-state index in [9.17, 15) is 5.11 Å². The molecular weight excluding hydrogens is 224 g/mol. The second-order valence-electron chi connectivity index (χ2n) is 3.77. The lowest BCUT2D eigenvalue weighted by Crippen LogP contribution is -2.07. The fourth-order valence-electron chi connectivity index (χ4n) is 1.74. The minimum atomic E-state index is 0.0660. The molecule has 0 fully saturated rings. The van der Waals surface area contributed by atoms with Gasteiger partial charge in [0, 0.05) is 10.9 Å². The Morgan fingerprint density at radius 2 is 2.19 bits per heavy atom. The van der Waals surface area contributed by atoms with E-state index < -0.39 is 0 Å².